The molecule has 0 radical (unpaired) electrons. The molecule has 5 aliphatic rings. The topological polar surface area (TPSA) is 0 Å². The maximum Gasteiger partial charge on any atom is 0.114 e. The van der Waals surface area contributed by atoms with Crippen LogP contribution in [0.3, 0.4) is 0 Å². The van der Waals surface area contributed by atoms with Crippen molar-refractivity contribution in [1.82, 2.24) is 0 Å². The Morgan fingerprint density at radius 2 is 1.23 bits per heavy atom. The first-order valence-electron chi connectivity index (χ1n) is 15.2. The lowest BCUT2D eigenvalue weighted by molar-refractivity contribution is 0.667. The molecule has 2 unspecified atom stereocenters. The first-order chi connectivity index (χ1) is 20.7. The predicted molar refractivity (Wildman–Crippen MR) is 185 cm³/mol. The third-order valence-electron chi connectivity index (χ3n) is 9.80. The molecule has 0 N–H and O–H groups in total. The molecular formula is C36H29Cl7. The number of benzene rings is 3. The molecule has 3 aromatic carbocycles. The highest BCUT2D eigenvalue weighted by Gasteiger charge is 2.55. The Morgan fingerprint density at radius 3 is 1.88 bits per heavy atom. The minimum Gasteiger partial charge on any atom is -0.114 e. The zero-order valence-corrected chi connectivity index (χ0v) is 28.6. The lowest BCUT2D eigenvalue weighted by Gasteiger charge is -2.43. The van der Waals surface area contributed by atoms with Crippen LogP contribution in [-0.2, 0) is 4.87 Å². The summed E-state index contributed by atoms with van der Waals surface area (Å²) in [5, 5.41) is 1.92. The second-order valence-corrected chi connectivity index (χ2v) is 16.0. The molecule has 3 aromatic rings. The van der Waals surface area contributed by atoms with E-state index in [1.807, 2.05) is 18.2 Å². The third-order valence-corrected chi connectivity index (χ3v) is 13.0. The fraction of sp³-hybridized carbons (Fsp3) is 0.389. The van der Waals surface area contributed by atoms with Crippen molar-refractivity contribution in [2.45, 2.75) is 79.4 Å². The fourth-order valence-corrected chi connectivity index (χ4v) is 9.44. The maximum absolute atomic E-state index is 8.02. The standard InChI is InChI=1S/C36H29Cl7/c37-22-15-25(19-9-10-19)32(39)26(16-22)30-29(24-4-2-1-3-23(24)18-7-8-18)31(20-11-12-20)36(43,35(42)34(30)41)27-13-21(17-5-6-17)14-28(38)33(27)40/h1-4,13-20,35H,5-12H2. The molecule has 0 spiro atoms. The molecule has 7 heteroatoms. The molecule has 0 amide bonds. The van der Waals surface area contributed by atoms with E-state index in [4.69, 9.17) is 81.2 Å². The summed E-state index contributed by atoms with van der Waals surface area (Å²) in [6, 6.07) is 16.7. The van der Waals surface area contributed by atoms with Gasteiger partial charge in [-0.05, 0) is 132 Å². The zero-order valence-electron chi connectivity index (χ0n) is 23.3. The van der Waals surface area contributed by atoms with Gasteiger partial charge in [0, 0.05) is 21.2 Å². The van der Waals surface area contributed by atoms with Gasteiger partial charge in [-0.1, -0.05) is 88.3 Å². The van der Waals surface area contributed by atoms with Crippen LogP contribution in [0.2, 0.25) is 20.1 Å². The summed E-state index contributed by atoms with van der Waals surface area (Å²) in [6.07, 6.45) is 8.81. The molecule has 2 atom stereocenters. The minimum atomic E-state index is -1.20. The molecule has 0 heterocycles. The number of hydrogen-bond donors (Lipinski definition) is 0. The molecule has 8 rings (SSSR count). The molecule has 4 fully saturated rings. The number of alkyl halides is 2. The largest absolute Gasteiger partial charge is 0.114 e. The van der Waals surface area contributed by atoms with Gasteiger partial charge in [0.05, 0.1) is 20.4 Å². The van der Waals surface area contributed by atoms with Gasteiger partial charge in [0.1, 0.15) is 4.87 Å². The molecule has 5 aliphatic carbocycles. The van der Waals surface area contributed by atoms with E-state index in [1.165, 1.54) is 5.56 Å². The van der Waals surface area contributed by atoms with E-state index in [0.717, 1.165) is 95.9 Å². The molecule has 0 nitrogen and oxygen atoms in total. The number of hydrogen-bond acceptors (Lipinski definition) is 0. The monoisotopic (exact) mass is 706 g/mol. The Kier molecular flexibility index (Phi) is 7.47. The van der Waals surface area contributed by atoms with Crippen LogP contribution in [0.1, 0.15) is 103 Å². The van der Waals surface area contributed by atoms with Gasteiger partial charge >= 0.3 is 0 Å². The van der Waals surface area contributed by atoms with E-state index in [1.54, 1.807) is 0 Å². The van der Waals surface area contributed by atoms with Crippen molar-refractivity contribution in [1.29, 1.82) is 0 Å². The van der Waals surface area contributed by atoms with E-state index < -0.39 is 10.3 Å². The quantitative estimate of drug-likeness (QED) is 0.214. The molecule has 0 saturated heterocycles. The van der Waals surface area contributed by atoms with Crippen LogP contribution in [0.15, 0.2) is 59.1 Å². The maximum atomic E-state index is 8.02. The highest BCUT2D eigenvalue weighted by atomic mass is 35.5. The number of allylic oxidation sites excluding steroid dienone is 4. The van der Waals surface area contributed by atoms with Gasteiger partial charge in [-0.2, -0.15) is 0 Å². The summed E-state index contributed by atoms with van der Waals surface area (Å²) in [7, 11) is 0. The van der Waals surface area contributed by atoms with Crippen molar-refractivity contribution in [3.8, 4) is 0 Å². The van der Waals surface area contributed by atoms with Gasteiger partial charge in [-0.3, -0.25) is 0 Å². The Balaban J connectivity index is 1.46. The van der Waals surface area contributed by atoms with E-state index in [9.17, 15) is 0 Å². The van der Waals surface area contributed by atoms with E-state index >= 15 is 0 Å². The Bertz CT molecular complexity index is 1740. The lowest BCUT2D eigenvalue weighted by Crippen LogP contribution is -2.38. The van der Waals surface area contributed by atoms with Crippen molar-refractivity contribution in [2.75, 3.05) is 0 Å². The first-order valence-corrected chi connectivity index (χ1v) is 17.9. The van der Waals surface area contributed by atoms with E-state index in [-0.39, 0.29) is 5.92 Å². The van der Waals surface area contributed by atoms with Crippen molar-refractivity contribution in [3.63, 3.8) is 0 Å². The summed E-state index contributed by atoms with van der Waals surface area (Å²) in [5.74, 6) is 1.59. The van der Waals surface area contributed by atoms with Gasteiger partial charge < -0.3 is 0 Å². The van der Waals surface area contributed by atoms with Crippen molar-refractivity contribution < 1.29 is 0 Å². The average Bonchev–Trinajstić information content (AvgIpc) is 3.83. The Hall–Kier alpha value is -0.830. The van der Waals surface area contributed by atoms with Crippen LogP contribution >= 0.6 is 81.2 Å². The fourth-order valence-electron chi connectivity index (χ4n) is 7.06. The van der Waals surface area contributed by atoms with Crippen LogP contribution in [0, 0.1) is 5.92 Å². The van der Waals surface area contributed by atoms with Crippen LogP contribution in [0.25, 0.3) is 11.1 Å². The average molecular weight is 710 g/mol. The van der Waals surface area contributed by atoms with E-state index in [0.29, 0.717) is 42.9 Å². The highest BCUT2D eigenvalue weighted by Crippen LogP contribution is 2.65. The van der Waals surface area contributed by atoms with Crippen LogP contribution in [-0.4, -0.2) is 5.38 Å². The summed E-state index contributed by atoms with van der Waals surface area (Å²) in [4.78, 5) is -1.20. The predicted octanol–water partition coefficient (Wildman–Crippen LogP) is 13.5. The summed E-state index contributed by atoms with van der Waals surface area (Å²) in [5.41, 5.74) is 9.16. The summed E-state index contributed by atoms with van der Waals surface area (Å²) < 4.78 is 0. The molecular weight excluding hydrogens is 681 g/mol. The number of halogens is 7. The zero-order chi connectivity index (χ0) is 29.8. The van der Waals surface area contributed by atoms with Crippen molar-refractivity contribution in [2.24, 2.45) is 5.92 Å². The first kappa shape index (κ1) is 29.6. The molecule has 0 aliphatic heterocycles. The Labute approximate surface area is 288 Å². The number of rotatable bonds is 7. The normalized spacial score (nSPS) is 26.0. The van der Waals surface area contributed by atoms with Crippen LogP contribution < -0.4 is 0 Å². The van der Waals surface area contributed by atoms with E-state index in [2.05, 4.69) is 30.3 Å². The van der Waals surface area contributed by atoms with Gasteiger partial charge in [0.15, 0.2) is 0 Å². The molecule has 4 saturated carbocycles. The van der Waals surface area contributed by atoms with Crippen molar-refractivity contribution >= 4 is 92.4 Å². The third kappa shape index (κ3) is 5.02. The molecule has 43 heavy (non-hydrogen) atoms. The van der Waals surface area contributed by atoms with Crippen LogP contribution in [0.5, 0.6) is 0 Å². The SMILES string of the molecule is ClC1=C(c2cc(Cl)cc(C3CC3)c2Cl)C(c2ccccc2C2CC2)=C(C2CC2)C(Cl)(c2cc(C3CC3)cc(Cl)c2Cl)C1Cl. The molecule has 222 valence electrons. The highest BCUT2D eigenvalue weighted by molar-refractivity contribution is 6.49. The minimum absolute atomic E-state index is 0.223. The second kappa shape index (κ2) is 10.9. The summed E-state index contributed by atoms with van der Waals surface area (Å²) in [6.45, 7) is 0. The van der Waals surface area contributed by atoms with Gasteiger partial charge in [0.25, 0.3) is 0 Å². The summed E-state index contributed by atoms with van der Waals surface area (Å²) >= 11 is 51.0. The second-order valence-electron chi connectivity index (χ2n) is 13.0. The van der Waals surface area contributed by atoms with Crippen LogP contribution in [0.4, 0.5) is 0 Å². The van der Waals surface area contributed by atoms with Gasteiger partial charge in [-0.25, -0.2) is 0 Å². The smallest absolute Gasteiger partial charge is 0.114 e. The van der Waals surface area contributed by atoms with Crippen molar-refractivity contribution in [3.05, 3.63) is 113 Å². The van der Waals surface area contributed by atoms with Gasteiger partial charge in [-0.15, -0.1) is 23.2 Å². The molecule has 0 aromatic heterocycles. The van der Waals surface area contributed by atoms with Gasteiger partial charge in [0.2, 0.25) is 0 Å². The molecule has 0 bridgehead atoms. The Morgan fingerprint density at radius 1 is 0.605 bits per heavy atom. The lowest BCUT2D eigenvalue weighted by atomic mass is 9.71.